The maximum Gasteiger partial charge on any atom is 0.312 e. The Morgan fingerprint density at radius 3 is 2.33 bits per heavy atom. The third-order valence-corrected chi connectivity index (χ3v) is 4.71. The van der Waals surface area contributed by atoms with Gasteiger partial charge in [-0.1, -0.05) is 24.3 Å². The van der Waals surface area contributed by atoms with Crippen LogP contribution in [0.4, 0.5) is 0 Å². The van der Waals surface area contributed by atoms with Crippen molar-refractivity contribution in [2.75, 3.05) is 27.9 Å². The number of hydrogen-bond donors (Lipinski definition) is 1. The number of carboxylic acid groups (broad SMARTS) is 1. The fourth-order valence-electron chi connectivity index (χ4n) is 3.41. The third kappa shape index (κ3) is 3.28. The highest BCUT2D eigenvalue weighted by Crippen LogP contribution is 2.41. The standard InChI is InChI=1S/C20H21NO6/c1-25-16-9-8-14(17(26-2)18(16)27-3)19(22)21-10-12-6-4-5-7-13(12)15(11-21)20(23)24/h4-9,15H,10-11H2,1-3H3,(H,23,24). The van der Waals surface area contributed by atoms with Crippen LogP contribution >= 0.6 is 0 Å². The molecule has 1 N–H and O–H groups in total. The minimum atomic E-state index is -0.959. The molecule has 0 aliphatic carbocycles. The second-order valence-electron chi connectivity index (χ2n) is 6.16. The number of carbonyl (C=O) groups is 2. The SMILES string of the molecule is COc1ccc(C(=O)N2Cc3ccccc3C(C(=O)O)C2)c(OC)c1OC. The number of aliphatic carboxylic acids is 1. The fourth-order valence-corrected chi connectivity index (χ4v) is 3.41. The first-order valence-corrected chi connectivity index (χ1v) is 8.40. The van der Waals surface area contributed by atoms with Gasteiger partial charge in [0.15, 0.2) is 11.5 Å². The van der Waals surface area contributed by atoms with E-state index >= 15 is 0 Å². The van der Waals surface area contributed by atoms with E-state index in [1.165, 1.54) is 26.2 Å². The highest BCUT2D eigenvalue weighted by Gasteiger charge is 2.34. The average Bonchev–Trinajstić information content (AvgIpc) is 2.70. The van der Waals surface area contributed by atoms with E-state index in [0.29, 0.717) is 23.6 Å². The molecule has 1 unspecified atom stereocenters. The van der Waals surface area contributed by atoms with Gasteiger partial charge in [-0.05, 0) is 23.3 Å². The van der Waals surface area contributed by atoms with Gasteiger partial charge in [0.25, 0.3) is 5.91 Å². The molecule has 0 fully saturated rings. The van der Waals surface area contributed by atoms with E-state index in [9.17, 15) is 14.7 Å². The summed E-state index contributed by atoms with van der Waals surface area (Å²) < 4.78 is 16.0. The summed E-state index contributed by atoms with van der Waals surface area (Å²) in [5.41, 5.74) is 1.86. The zero-order chi connectivity index (χ0) is 19.6. The van der Waals surface area contributed by atoms with Crippen LogP contribution in [-0.2, 0) is 11.3 Å². The van der Waals surface area contributed by atoms with Gasteiger partial charge in [0.05, 0.1) is 32.8 Å². The molecule has 1 heterocycles. The Morgan fingerprint density at radius 1 is 1.00 bits per heavy atom. The molecule has 1 aliphatic rings. The highest BCUT2D eigenvalue weighted by molar-refractivity contribution is 5.99. The van der Waals surface area contributed by atoms with Crippen molar-refractivity contribution in [3.05, 3.63) is 53.1 Å². The molecule has 2 aromatic rings. The van der Waals surface area contributed by atoms with E-state index in [-0.39, 0.29) is 18.2 Å². The van der Waals surface area contributed by atoms with Crippen LogP contribution in [0, 0.1) is 0 Å². The number of hydrogen-bond acceptors (Lipinski definition) is 5. The van der Waals surface area contributed by atoms with Gasteiger partial charge in [0, 0.05) is 13.1 Å². The number of carbonyl (C=O) groups excluding carboxylic acids is 1. The van der Waals surface area contributed by atoms with Crippen LogP contribution in [0.3, 0.4) is 0 Å². The lowest BCUT2D eigenvalue weighted by Gasteiger charge is -2.33. The smallest absolute Gasteiger partial charge is 0.312 e. The summed E-state index contributed by atoms with van der Waals surface area (Å²) in [6, 6.07) is 10.5. The lowest BCUT2D eigenvalue weighted by atomic mass is 9.89. The number of benzene rings is 2. The van der Waals surface area contributed by atoms with E-state index in [2.05, 4.69) is 0 Å². The zero-order valence-corrected chi connectivity index (χ0v) is 15.4. The molecule has 27 heavy (non-hydrogen) atoms. The molecule has 0 bridgehead atoms. The molecule has 142 valence electrons. The molecule has 1 amide bonds. The first kappa shape index (κ1) is 18.6. The van der Waals surface area contributed by atoms with Crippen molar-refractivity contribution in [3.63, 3.8) is 0 Å². The van der Waals surface area contributed by atoms with Crippen molar-refractivity contribution in [2.24, 2.45) is 0 Å². The van der Waals surface area contributed by atoms with Crippen LogP contribution < -0.4 is 14.2 Å². The lowest BCUT2D eigenvalue weighted by Crippen LogP contribution is -2.40. The van der Waals surface area contributed by atoms with Crippen molar-refractivity contribution >= 4 is 11.9 Å². The van der Waals surface area contributed by atoms with Crippen molar-refractivity contribution in [2.45, 2.75) is 12.5 Å². The van der Waals surface area contributed by atoms with Crippen LogP contribution in [-0.4, -0.2) is 49.8 Å². The Morgan fingerprint density at radius 2 is 1.70 bits per heavy atom. The third-order valence-electron chi connectivity index (χ3n) is 4.71. The summed E-state index contributed by atoms with van der Waals surface area (Å²) in [6.07, 6.45) is 0. The van der Waals surface area contributed by atoms with E-state index in [0.717, 1.165) is 11.1 Å². The topological polar surface area (TPSA) is 85.3 Å². The van der Waals surface area contributed by atoms with Crippen LogP contribution in [0.2, 0.25) is 0 Å². The quantitative estimate of drug-likeness (QED) is 0.869. The molecule has 0 aromatic heterocycles. The summed E-state index contributed by atoms with van der Waals surface area (Å²) in [5, 5.41) is 9.61. The summed E-state index contributed by atoms with van der Waals surface area (Å²) >= 11 is 0. The molecule has 0 saturated heterocycles. The van der Waals surface area contributed by atoms with Gasteiger partial charge in [-0.25, -0.2) is 0 Å². The molecule has 0 radical (unpaired) electrons. The summed E-state index contributed by atoms with van der Waals surface area (Å²) in [7, 11) is 4.41. The van der Waals surface area contributed by atoms with Crippen molar-refractivity contribution in [3.8, 4) is 17.2 Å². The Labute approximate surface area is 157 Å². The zero-order valence-electron chi connectivity index (χ0n) is 15.4. The molecule has 7 nitrogen and oxygen atoms in total. The molecule has 0 spiro atoms. The Hall–Kier alpha value is -3.22. The Balaban J connectivity index is 2.01. The molecule has 0 saturated carbocycles. The van der Waals surface area contributed by atoms with E-state index in [1.807, 2.05) is 18.2 Å². The van der Waals surface area contributed by atoms with Gasteiger partial charge >= 0.3 is 5.97 Å². The molecule has 1 aliphatic heterocycles. The maximum absolute atomic E-state index is 13.2. The minimum absolute atomic E-state index is 0.0860. The summed E-state index contributed by atoms with van der Waals surface area (Å²) in [4.78, 5) is 26.4. The molecule has 1 atom stereocenters. The van der Waals surface area contributed by atoms with Gasteiger partial charge in [-0.2, -0.15) is 0 Å². The monoisotopic (exact) mass is 371 g/mol. The van der Waals surface area contributed by atoms with Crippen LogP contribution in [0.5, 0.6) is 17.2 Å². The number of rotatable bonds is 5. The van der Waals surface area contributed by atoms with Crippen molar-refractivity contribution < 1.29 is 28.9 Å². The first-order chi connectivity index (χ1) is 13.0. The number of fused-ring (bicyclic) bond motifs is 1. The van der Waals surface area contributed by atoms with Crippen LogP contribution in [0.1, 0.15) is 27.4 Å². The van der Waals surface area contributed by atoms with E-state index in [4.69, 9.17) is 14.2 Å². The normalized spacial score (nSPS) is 15.7. The average molecular weight is 371 g/mol. The first-order valence-electron chi connectivity index (χ1n) is 8.40. The van der Waals surface area contributed by atoms with E-state index < -0.39 is 11.9 Å². The Bertz CT molecular complexity index is 879. The van der Waals surface area contributed by atoms with Gasteiger partial charge in [-0.15, -0.1) is 0 Å². The number of methoxy groups -OCH3 is 3. The van der Waals surface area contributed by atoms with Gasteiger partial charge in [0.1, 0.15) is 0 Å². The molecular formula is C20H21NO6. The maximum atomic E-state index is 13.2. The molecule has 2 aromatic carbocycles. The van der Waals surface area contributed by atoms with Crippen molar-refractivity contribution in [1.82, 2.24) is 4.90 Å². The Kier molecular flexibility index (Phi) is 5.21. The second kappa shape index (κ2) is 7.57. The van der Waals surface area contributed by atoms with Gasteiger partial charge < -0.3 is 24.2 Å². The van der Waals surface area contributed by atoms with Gasteiger partial charge in [0.2, 0.25) is 5.75 Å². The lowest BCUT2D eigenvalue weighted by molar-refractivity contribution is -0.139. The predicted molar refractivity (Wildman–Crippen MR) is 97.7 cm³/mol. The van der Waals surface area contributed by atoms with Crippen LogP contribution in [0.25, 0.3) is 0 Å². The molecule has 7 heteroatoms. The van der Waals surface area contributed by atoms with Crippen molar-refractivity contribution in [1.29, 1.82) is 0 Å². The summed E-state index contributed by atoms with van der Waals surface area (Å²) in [5.74, 6) is -1.04. The molecular weight excluding hydrogens is 350 g/mol. The van der Waals surface area contributed by atoms with Crippen LogP contribution in [0.15, 0.2) is 36.4 Å². The minimum Gasteiger partial charge on any atom is -0.493 e. The molecule has 3 rings (SSSR count). The number of amides is 1. The summed E-state index contributed by atoms with van der Waals surface area (Å²) in [6.45, 7) is 0.416. The van der Waals surface area contributed by atoms with Gasteiger partial charge in [-0.3, -0.25) is 9.59 Å². The highest BCUT2D eigenvalue weighted by atomic mass is 16.5. The number of ether oxygens (including phenoxy) is 3. The van der Waals surface area contributed by atoms with E-state index in [1.54, 1.807) is 18.2 Å². The largest absolute Gasteiger partial charge is 0.493 e. The fraction of sp³-hybridized carbons (Fsp3) is 0.300. The predicted octanol–water partition coefficient (Wildman–Crippen LogP) is 2.54. The number of carboxylic acids is 1. The second-order valence-corrected chi connectivity index (χ2v) is 6.16. The number of nitrogens with zero attached hydrogens (tertiary/aromatic N) is 1.